The number of aliphatic hydroxyl groups excluding tert-OH is 1. The van der Waals surface area contributed by atoms with Crippen molar-refractivity contribution in [3.05, 3.63) is 66.0 Å². The van der Waals surface area contributed by atoms with E-state index < -0.39 is 0 Å². The highest BCUT2D eigenvalue weighted by Crippen LogP contribution is 2.32. The molecule has 174 valence electrons. The summed E-state index contributed by atoms with van der Waals surface area (Å²) in [4.78, 5) is 16.3. The molecule has 0 radical (unpaired) electrons. The number of aliphatic hydroxyl groups is 1. The summed E-state index contributed by atoms with van der Waals surface area (Å²) in [5.41, 5.74) is 1.96. The van der Waals surface area contributed by atoms with Gasteiger partial charge in [0, 0.05) is 70.0 Å². The molecule has 0 bridgehead atoms. The molecule has 1 aromatic carbocycles. The summed E-state index contributed by atoms with van der Waals surface area (Å²) in [7, 11) is 0. The second kappa shape index (κ2) is 9.84. The van der Waals surface area contributed by atoms with Crippen molar-refractivity contribution in [3.8, 4) is 0 Å². The molecule has 2 fully saturated rings. The van der Waals surface area contributed by atoms with Gasteiger partial charge in [-0.15, -0.1) is 0 Å². The monoisotopic (exact) mass is 451 g/mol. The normalized spacial score (nSPS) is 19.1. The van der Waals surface area contributed by atoms with E-state index in [4.69, 9.17) is 4.98 Å². The average Bonchev–Trinajstić information content (AvgIpc) is 3.39. The summed E-state index contributed by atoms with van der Waals surface area (Å²) in [5, 5.41) is 16.5. The van der Waals surface area contributed by atoms with E-state index >= 15 is 0 Å². The topological polar surface area (TPSA) is 84.4 Å². The van der Waals surface area contributed by atoms with Gasteiger partial charge in [0.15, 0.2) is 11.6 Å². The zero-order chi connectivity index (χ0) is 22.6. The third kappa shape index (κ3) is 4.69. The number of piperazine rings is 1. The number of rotatable bonds is 6. The Labute approximate surface area is 193 Å². The first-order valence-corrected chi connectivity index (χ1v) is 11.6. The van der Waals surface area contributed by atoms with Crippen molar-refractivity contribution >= 4 is 11.6 Å². The Balaban J connectivity index is 1.32. The van der Waals surface area contributed by atoms with E-state index in [1.165, 1.54) is 6.07 Å². The number of aromatic nitrogens is 4. The minimum atomic E-state index is -0.228. The molecule has 2 N–H and O–H groups in total. The van der Waals surface area contributed by atoms with Gasteiger partial charge in [-0.25, -0.2) is 14.4 Å². The highest BCUT2D eigenvalue weighted by Gasteiger charge is 2.30. The van der Waals surface area contributed by atoms with Crippen LogP contribution in [0.3, 0.4) is 0 Å². The number of nitrogens with zero attached hydrogens (tertiary/aromatic N) is 6. The lowest BCUT2D eigenvalue weighted by molar-refractivity contribution is 0.202. The van der Waals surface area contributed by atoms with Gasteiger partial charge in [-0.3, -0.25) is 10.00 Å². The Kier molecular flexibility index (Phi) is 6.50. The third-order valence-electron chi connectivity index (χ3n) is 6.81. The van der Waals surface area contributed by atoms with Crippen LogP contribution < -0.4 is 9.80 Å². The molecule has 0 aliphatic carbocycles. The van der Waals surface area contributed by atoms with Gasteiger partial charge in [-0.05, 0) is 36.5 Å². The highest BCUT2D eigenvalue weighted by molar-refractivity contribution is 5.62. The van der Waals surface area contributed by atoms with Gasteiger partial charge in [0.2, 0.25) is 0 Å². The lowest BCUT2D eigenvalue weighted by Gasteiger charge is -2.41. The van der Waals surface area contributed by atoms with Crippen LogP contribution in [0.5, 0.6) is 0 Å². The van der Waals surface area contributed by atoms with Crippen LogP contribution in [0.1, 0.15) is 30.0 Å². The molecule has 1 atom stereocenters. The number of anilines is 2. The minimum Gasteiger partial charge on any atom is -0.396 e. The van der Waals surface area contributed by atoms with Crippen molar-refractivity contribution in [3.63, 3.8) is 0 Å². The molecule has 5 rings (SSSR count). The van der Waals surface area contributed by atoms with Crippen molar-refractivity contribution in [1.29, 1.82) is 0 Å². The van der Waals surface area contributed by atoms with Gasteiger partial charge in [0.25, 0.3) is 0 Å². The standard InChI is InChI=1S/C24H30FN7O/c25-21-3-1-2-19(14-21)22(20-15-28-29-16-20)30-10-12-32(13-11-30)24-23(26-6-7-27-24)31-8-4-18(17-33)5-9-31/h1-3,6-7,14-16,18,22,33H,4-5,8-13,17H2,(H,28,29). The van der Waals surface area contributed by atoms with Crippen LogP contribution in [-0.2, 0) is 0 Å². The van der Waals surface area contributed by atoms with Crippen LogP contribution in [0.25, 0.3) is 0 Å². The number of benzene rings is 1. The highest BCUT2D eigenvalue weighted by atomic mass is 19.1. The van der Waals surface area contributed by atoms with Crippen molar-refractivity contribution in [2.75, 3.05) is 55.7 Å². The number of H-pyrrole nitrogens is 1. The number of nitrogens with one attached hydrogen (secondary N) is 1. The number of piperidine rings is 1. The van der Waals surface area contributed by atoms with E-state index in [0.717, 1.165) is 74.9 Å². The molecule has 8 nitrogen and oxygen atoms in total. The molecule has 1 unspecified atom stereocenters. The van der Waals surface area contributed by atoms with Crippen LogP contribution in [0.4, 0.5) is 16.0 Å². The molecule has 0 spiro atoms. The van der Waals surface area contributed by atoms with E-state index in [1.54, 1.807) is 24.5 Å². The molecule has 33 heavy (non-hydrogen) atoms. The minimum absolute atomic E-state index is 0.0552. The molecule has 2 saturated heterocycles. The lowest BCUT2D eigenvalue weighted by atomic mass is 9.98. The van der Waals surface area contributed by atoms with Gasteiger partial charge in [0.05, 0.1) is 12.2 Å². The zero-order valence-corrected chi connectivity index (χ0v) is 18.6. The molecular weight excluding hydrogens is 421 g/mol. The van der Waals surface area contributed by atoms with Crippen LogP contribution in [0.2, 0.25) is 0 Å². The molecule has 0 saturated carbocycles. The van der Waals surface area contributed by atoms with Gasteiger partial charge in [-0.1, -0.05) is 12.1 Å². The Morgan fingerprint density at radius 1 is 0.970 bits per heavy atom. The van der Waals surface area contributed by atoms with E-state index in [1.807, 2.05) is 18.5 Å². The Bertz CT molecular complexity index is 1030. The first-order chi connectivity index (χ1) is 16.2. The maximum Gasteiger partial charge on any atom is 0.172 e. The molecule has 2 aliphatic rings. The number of halogens is 1. The van der Waals surface area contributed by atoms with Crippen molar-refractivity contribution in [1.82, 2.24) is 25.1 Å². The zero-order valence-electron chi connectivity index (χ0n) is 18.6. The second-order valence-electron chi connectivity index (χ2n) is 8.83. The maximum absolute atomic E-state index is 14.0. The lowest BCUT2D eigenvalue weighted by Crippen LogP contribution is -2.48. The van der Waals surface area contributed by atoms with Gasteiger partial charge < -0.3 is 14.9 Å². The van der Waals surface area contributed by atoms with Crippen LogP contribution >= 0.6 is 0 Å². The van der Waals surface area contributed by atoms with Crippen molar-refractivity contribution < 1.29 is 9.50 Å². The smallest absolute Gasteiger partial charge is 0.172 e. The average molecular weight is 452 g/mol. The Morgan fingerprint density at radius 2 is 1.67 bits per heavy atom. The fraction of sp³-hybridized carbons (Fsp3) is 0.458. The molecule has 9 heteroatoms. The summed E-state index contributed by atoms with van der Waals surface area (Å²) < 4.78 is 14.0. The van der Waals surface area contributed by atoms with Crippen LogP contribution in [-0.4, -0.2) is 76.0 Å². The van der Waals surface area contributed by atoms with Gasteiger partial charge in [0.1, 0.15) is 5.82 Å². The Hall–Kier alpha value is -3.04. The molecule has 4 heterocycles. The fourth-order valence-electron chi connectivity index (χ4n) is 4.99. The summed E-state index contributed by atoms with van der Waals surface area (Å²) in [6.45, 7) is 5.28. The van der Waals surface area contributed by atoms with Crippen LogP contribution in [0.15, 0.2) is 49.1 Å². The summed E-state index contributed by atoms with van der Waals surface area (Å²) >= 11 is 0. The molecular formula is C24H30FN7O. The largest absolute Gasteiger partial charge is 0.396 e. The number of aromatic amines is 1. The van der Waals surface area contributed by atoms with Gasteiger partial charge >= 0.3 is 0 Å². The predicted octanol–water partition coefficient (Wildman–Crippen LogP) is 2.46. The van der Waals surface area contributed by atoms with Crippen molar-refractivity contribution in [2.24, 2.45) is 5.92 Å². The molecule has 0 amide bonds. The Morgan fingerprint density at radius 3 is 2.27 bits per heavy atom. The first kappa shape index (κ1) is 21.8. The van der Waals surface area contributed by atoms with E-state index in [-0.39, 0.29) is 18.5 Å². The maximum atomic E-state index is 14.0. The third-order valence-corrected chi connectivity index (χ3v) is 6.81. The molecule has 2 aliphatic heterocycles. The van der Waals surface area contributed by atoms with Crippen LogP contribution in [0, 0.1) is 11.7 Å². The summed E-state index contributed by atoms with van der Waals surface area (Å²) in [6, 6.07) is 6.78. The second-order valence-corrected chi connectivity index (χ2v) is 8.83. The number of hydrogen-bond acceptors (Lipinski definition) is 7. The van der Waals surface area contributed by atoms with E-state index in [0.29, 0.717) is 5.92 Å². The van der Waals surface area contributed by atoms with E-state index in [9.17, 15) is 9.50 Å². The molecule has 2 aromatic heterocycles. The van der Waals surface area contributed by atoms with Gasteiger partial charge in [-0.2, -0.15) is 5.10 Å². The molecule has 3 aromatic rings. The van der Waals surface area contributed by atoms with Crippen molar-refractivity contribution in [2.45, 2.75) is 18.9 Å². The van der Waals surface area contributed by atoms with E-state index in [2.05, 4.69) is 29.9 Å². The predicted molar refractivity (Wildman–Crippen MR) is 125 cm³/mol. The number of hydrogen-bond donors (Lipinski definition) is 2. The summed E-state index contributed by atoms with van der Waals surface area (Å²) in [5.74, 6) is 2.01. The SMILES string of the molecule is OCC1CCN(c2nccnc2N2CCN(C(c3cn[nH]c3)c3cccc(F)c3)CC2)CC1. The first-order valence-electron chi connectivity index (χ1n) is 11.6. The summed E-state index contributed by atoms with van der Waals surface area (Å²) in [6.07, 6.45) is 9.16. The fourth-order valence-corrected chi connectivity index (χ4v) is 4.99. The quantitative estimate of drug-likeness (QED) is 0.596.